The van der Waals surface area contributed by atoms with Gasteiger partial charge in [0.15, 0.2) is 0 Å². The summed E-state index contributed by atoms with van der Waals surface area (Å²) in [7, 11) is 0. The Morgan fingerprint density at radius 2 is 1.91 bits per heavy atom. The summed E-state index contributed by atoms with van der Waals surface area (Å²) in [5, 5.41) is -2.26. The molecular weight excluding hydrogens is 274 g/mol. The van der Waals surface area contributed by atoms with Crippen molar-refractivity contribution < 1.29 is 9.09 Å². The van der Waals surface area contributed by atoms with Crippen LogP contribution in [0.25, 0.3) is 0 Å². The van der Waals surface area contributed by atoms with Crippen LogP contribution in [-0.2, 0) is 9.09 Å². The van der Waals surface area contributed by atoms with Gasteiger partial charge in [-0.05, 0) is 12.8 Å². The average Bonchev–Trinajstić information content (AvgIpc) is 1.85. The molecular formula is C7H14IO2P. The molecule has 0 spiro atoms. The molecule has 4 heteroatoms. The van der Waals surface area contributed by atoms with E-state index in [4.69, 9.17) is 4.52 Å². The Hall–Kier alpha value is 0.920. The molecule has 0 radical (unpaired) electrons. The van der Waals surface area contributed by atoms with Crippen molar-refractivity contribution in [1.82, 2.24) is 0 Å². The van der Waals surface area contributed by atoms with Crippen molar-refractivity contribution in [3.8, 4) is 0 Å². The van der Waals surface area contributed by atoms with Crippen molar-refractivity contribution in [2.75, 3.05) is 6.66 Å². The molecule has 0 N–H and O–H groups in total. The van der Waals surface area contributed by atoms with Crippen LogP contribution in [0, 0.1) is 0 Å². The van der Waals surface area contributed by atoms with Gasteiger partial charge in [0.2, 0.25) is 0 Å². The highest BCUT2D eigenvalue weighted by atomic mass is 127. The summed E-state index contributed by atoms with van der Waals surface area (Å²) in [6.45, 7) is 1.68. The largest absolute Gasteiger partial charge is 0.318 e. The molecule has 11 heavy (non-hydrogen) atoms. The third-order valence-corrected chi connectivity index (χ3v) is 3.25. The second-order valence-corrected chi connectivity index (χ2v) is 10.1. The molecule has 0 amide bonds. The van der Waals surface area contributed by atoms with E-state index in [1.807, 2.05) is 22.0 Å². The first-order chi connectivity index (χ1) is 5.08. The maximum Gasteiger partial charge on any atom is 0.257 e. The third kappa shape index (κ3) is 4.48. The molecule has 1 atom stereocenters. The summed E-state index contributed by atoms with van der Waals surface area (Å²) in [4.78, 5) is 0. The number of hydrogen-bond donors (Lipinski definition) is 0. The van der Waals surface area contributed by atoms with E-state index in [1.54, 1.807) is 6.66 Å². The highest BCUT2D eigenvalue weighted by Crippen LogP contribution is 2.54. The molecule has 1 unspecified atom stereocenters. The molecule has 1 aliphatic carbocycles. The van der Waals surface area contributed by atoms with Gasteiger partial charge >= 0.3 is 0 Å². The predicted octanol–water partition coefficient (Wildman–Crippen LogP) is 3.59. The summed E-state index contributed by atoms with van der Waals surface area (Å²) in [6, 6.07) is 0. The maximum absolute atomic E-state index is 11.2. The monoisotopic (exact) mass is 288 g/mol. The van der Waals surface area contributed by atoms with E-state index in [-0.39, 0.29) is 6.10 Å². The fourth-order valence-electron chi connectivity index (χ4n) is 1.44. The van der Waals surface area contributed by atoms with Crippen LogP contribution >= 0.6 is 27.1 Å². The smallest absolute Gasteiger partial charge is 0.257 e. The summed E-state index contributed by atoms with van der Waals surface area (Å²) < 4.78 is 16.7. The Morgan fingerprint density at radius 1 is 1.36 bits per heavy atom. The summed E-state index contributed by atoms with van der Waals surface area (Å²) >= 11 is 1.91. The van der Waals surface area contributed by atoms with Gasteiger partial charge in [-0.3, -0.25) is 4.57 Å². The lowest BCUT2D eigenvalue weighted by molar-refractivity contribution is 0.166. The zero-order chi connectivity index (χ0) is 8.32. The standard InChI is InChI=1S/C7H14IO2P/c1-11(8,9)10-7-5-3-2-4-6-7/h7H,2-6H2,1H3. The normalized spacial score (nSPS) is 26.4. The number of halogens is 1. The van der Waals surface area contributed by atoms with E-state index < -0.39 is 5.01 Å². The highest BCUT2D eigenvalue weighted by molar-refractivity contribution is 14.2. The molecule has 1 rings (SSSR count). The minimum atomic E-state index is -2.26. The van der Waals surface area contributed by atoms with Gasteiger partial charge in [-0.25, -0.2) is 0 Å². The first kappa shape index (κ1) is 10.0. The molecule has 0 saturated heterocycles. The van der Waals surface area contributed by atoms with E-state index in [1.165, 1.54) is 19.3 Å². The first-order valence-corrected chi connectivity index (χ1v) is 8.89. The molecule has 1 aliphatic rings. The van der Waals surface area contributed by atoms with E-state index in [0.717, 1.165) is 12.8 Å². The zero-order valence-electron chi connectivity index (χ0n) is 6.75. The number of rotatable bonds is 2. The Bertz CT molecular complexity index is 160. The lowest BCUT2D eigenvalue weighted by Gasteiger charge is -2.22. The van der Waals surface area contributed by atoms with Crippen LogP contribution in [0.15, 0.2) is 0 Å². The minimum Gasteiger partial charge on any atom is -0.318 e. The molecule has 0 aromatic carbocycles. The van der Waals surface area contributed by atoms with Crippen LogP contribution in [0.5, 0.6) is 0 Å². The van der Waals surface area contributed by atoms with Crippen LogP contribution in [0.1, 0.15) is 32.1 Å². The van der Waals surface area contributed by atoms with Crippen molar-refractivity contribution in [2.24, 2.45) is 0 Å². The van der Waals surface area contributed by atoms with Gasteiger partial charge in [0.05, 0.1) is 6.10 Å². The SMILES string of the molecule is CP(=O)(I)OC1CCCCC1. The quantitative estimate of drug-likeness (QED) is 0.573. The van der Waals surface area contributed by atoms with Crippen LogP contribution in [-0.4, -0.2) is 12.8 Å². The maximum atomic E-state index is 11.2. The van der Waals surface area contributed by atoms with E-state index in [0.29, 0.717) is 0 Å². The minimum absolute atomic E-state index is 0.275. The molecule has 66 valence electrons. The fourth-order valence-corrected chi connectivity index (χ4v) is 3.15. The van der Waals surface area contributed by atoms with Crippen molar-refractivity contribution in [2.45, 2.75) is 38.2 Å². The molecule has 2 nitrogen and oxygen atoms in total. The Balaban J connectivity index is 2.30. The van der Waals surface area contributed by atoms with Gasteiger partial charge < -0.3 is 4.52 Å². The van der Waals surface area contributed by atoms with Gasteiger partial charge in [0, 0.05) is 28.7 Å². The molecule has 0 aliphatic heterocycles. The van der Waals surface area contributed by atoms with E-state index >= 15 is 0 Å². The topological polar surface area (TPSA) is 26.3 Å². The molecule has 0 aromatic heterocycles. The molecule has 0 bridgehead atoms. The molecule has 1 saturated carbocycles. The Labute approximate surface area is 81.0 Å². The average molecular weight is 288 g/mol. The molecule has 0 heterocycles. The fraction of sp³-hybridized carbons (Fsp3) is 1.00. The van der Waals surface area contributed by atoms with E-state index in [2.05, 4.69) is 0 Å². The van der Waals surface area contributed by atoms with Crippen molar-refractivity contribution in [3.05, 3.63) is 0 Å². The lowest BCUT2D eigenvalue weighted by Crippen LogP contribution is -2.13. The second kappa shape index (κ2) is 4.24. The third-order valence-electron chi connectivity index (χ3n) is 1.89. The van der Waals surface area contributed by atoms with Crippen LogP contribution in [0.3, 0.4) is 0 Å². The van der Waals surface area contributed by atoms with Crippen molar-refractivity contribution in [1.29, 1.82) is 0 Å². The zero-order valence-corrected chi connectivity index (χ0v) is 9.81. The molecule has 1 fully saturated rings. The van der Waals surface area contributed by atoms with E-state index in [9.17, 15) is 4.57 Å². The molecule has 0 aromatic rings. The van der Waals surface area contributed by atoms with Gasteiger partial charge in [0.1, 0.15) is 0 Å². The Kier molecular flexibility index (Phi) is 3.86. The second-order valence-electron chi connectivity index (χ2n) is 3.11. The summed E-state index contributed by atoms with van der Waals surface area (Å²) in [6.07, 6.45) is 6.26. The lowest BCUT2D eigenvalue weighted by atomic mass is 9.98. The van der Waals surface area contributed by atoms with Crippen LogP contribution in [0.4, 0.5) is 0 Å². The Morgan fingerprint density at radius 3 is 2.36 bits per heavy atom. The summed E-state index contributed by atoms with van der Waals surface area (Å²) in [5.74, 6) is 0. The van der Waals surface area contributed by atoms with Gasteiger partial charge in [0.25, 0.3) is 5.01 Å². The predicted molar refractivity (Wildman–Crippen MR) is 55.5 cm³/mol. The van der Waals surface area contributed by atoms with Crippen molar-refractivity contribution in [3.63, 3.8) is 0 Å². The van der Waals surface area contributed by atoms with Gasteiger partial charge in [-0.15, -0.1) is 0 Å². The van der Waals surface area contributed by atoms with Crippen LogP contribution < -0.4 is 0 Å². The highest BCUT2D eigenvalue weighted by Gasteiger charge is 2.20. The van der Waals surface area contributed by atoms with Crippen molar-refractivity contribution >= 4 is 27.1 Å². The van der Waals surface area contributed by atoms with Gasteiger partial charge in [-0.1, -0.05) is 19.3 Å². The van der Waals surface area contributed by atoms with Crippen LogP contribution in [0.2, 0.25) is 0 Å². The number of hydrogen-bond acceptors (Lipinski definition) is 2. The van der Waals surface area contributed by atoms with Gasteiger partial charge in [-0.2, -0.15) is 0 Å². The first-order valence-electron chi connectivity index (χ1n) is 4.03. The summed E-state index contributed by atoms with van der Waals surface area (Å²) in [5.41, 5.74) is 0.